The van der Waals surface area contributed by atoms with E-state index in [-0.39, 0.29) is 5.82 Å². The first-order valence-corrected chi connectivity index (χ1v) is 6.97. The molecular formula is C12H8Br2ClFN2. The van der Waals surface area contributed by atoms with Gasteiger partial charge in [0.1, 0.15) is 11.6 Å². The van der Waals surface area contributed by atoms with E-state index in [0.717, 1.165) is 15.7 Å². The van der Waals surface area contributed by atoms with Crippen LogP contribution in [-0.4, -0.2) is 4.98 Å². The zero-order valence-corrected chi connectivity index (χ0v) is 13.2. The average Bonchev–Trinajstić information content (AvgIpc) is 2.29. The summed E-state index contributed by atoms with van der Waals surface area (Å²) >= 11 is 12.3. The van der Waals surface area contributed by atoms with Gasteiger partial charge in [-0.2, -0.15) is 0 Å². The summed E-state index contributed by atoms with van der Waals surface area (Å²) in [6, 6.07) is 4.87. The molecule has 0 unspecified atom stereocenters. The first-order chi connectivity index (χ1) is 8.47. The topological polar surface area (TPSA) is 24.9 Å². The van der Waals surface area contributed by atoms with Gasteiger partial charge in [-0.1, -0.05) is 11.6 Å². The van der Waals surface area contributed by atoms with Crippen LogP contribution in [-0.2, 0) is 0 Å². The number of halogens is 4. The maximum Gasteiger partial charge on any atom is 0.144 e. The lowest BCUT2D eigenvalue weighted by atomic mass is 10.2. The Hall–Kier alpha value is -0.650. The first kappa shape index (κ1) is 13.8. The Morgan fingerprint density at radius 1 is 1.22 bits per heavy atom. The van der Waals surface area contributed by atoms with Crippen LogP contribution in [0.25, 0.3) is 0 Å². The van der Waals surface area contributed by atoms with Gasteiger partial charge in [0.05, 0.1) is 14.0 Å². The zero-order valence-electron chi connectivity index (χ0n) is 9.27. The molecule has 2 rings (SSSR count). The molecule has 94 valence electrons. The van der Waals surface area contributed by atoms with Crippen molar-refractivity contribution in [2.75, 3.05) is 5.32 Å². The van der Waals surface area contributed by atoms with Gasteiger partial charge < -0.3 is 5.32 Å². The molecule has 0 aliphatic heterocycles. The molecule has 0 fully saturated rings. The monoisotopic (exact) mass is 392 g/mol. The minimum absolute atomic E-state index is 0.291. The molecular weight excluding hydrogens is 386 g/mol. The van der Waals surface area contributed by atoms with Gasteiger partial charge in [0.25, 0.3) is 0 Å². The highest BCUT2D eigenvalue weighted by Gasteiger charge is 2.08. The van der Waals surface area contributed by atoms with Gasteiger partial charge in [-0.25, -0.2) is 9.37 Å². The fourth-order valence-corrected chi connectivity index (χ4v) is 2.50. The van der Waals surface area contributed by atoms with E-state index in [9.17, 15) is 4.39 Å². The van der Waals surface area contributed by atoms with Gasteiger partial charge in [0.15, 0.2) is 0 Å². The molecule has 1 aromatic heterocycles. The summed E-state index contributed by atoms with van der Waals surface area (Å²) in [4.78, 5) is 4.17. The third kappa shape index (κ3) is 3.02. The van der Waals surface area contributed by atoms with Crippen LogP contribution in [0.1, 0.15) is 5.56 Å². The number of nitrogens with one attached hydrogen (secondary N) is 1. The van der Waals surface area contributed by atoms with Crippen molar-refractivity contribution >= 4 is 55.0 Å². The summed E-state index contributed by atoms with van der Waals surface area (Å²) in [7, 11) is 0. The number of rotatable bonds is 2. The molecule has 1 N–H and O–H groups in total. The van der Waals surface area contributed by atoms with E-state index in [4.69, 9.17) is 11.6 Å². The van der Waals surface area contributed by atoms with Crippen LogP contribution in [0.3, 0.4) is 0 Å². The summed E-state index contributed by atoms with van der Waals surface area (Å²) < 4.78 is 14.5. The molecule has 0 spiro atoms. The Balaban J connectivity index is 2.37. The number of anilines is 2. The normalized spacial score (nSPS) is 10.5. The number of aromatic nitrogens is 1. The molecule has 0 aliphatic carbocycles. The number of nitrogens with zero attached hydrogens (tertiary/aromatic N) is 1. The molecule has 0 atom stereocenters. The molecule has 0 amide bonds. The van der Waals surface area contributed by atoms with Crippen LogP contribution in [0.15, 0.2) is 33.3 Å². The van der Waals surface area contributed by atoms with Crippen molar-refractivity contribution in [1.82, 2.24) is 4.98 Å². The summed E-state index contributed by atoms with van der Waals surface area (Å²) in [5, 5.41) is 3.67. The maximum absolute atomic E-state index is 13.3. The SMILES string of the molecule is Cc1cc(F)c(Br)cc1Nc1ncc(Cl)cc1Br. The molecule has 1 heterocycles. The van der Waals surface area contributed by atoms with Crippen LogP contribution in [0.4, 0.5) is 15.9 Å². The predicted octanol–water partition coefficient (Wildman–Crippen LogP) is 5.45. The third-order valence-electron chi connectivity index (χ3n) is 2.33. The van der Waals surface area contributed by atoms with Crippen molar-refractivity contribution in [2.45, 2.75) is 6.92 Å². The number of pyridine rings is 1. The summed E-state index contributed by atoms with van der Waals surface area (Å²) in [5.74, 6) is 0.335. The smallest absolute Gasteiger partial charge is 0.144 e. The van der Waals surface area contributed by atoms with E-state index in [1.165, 1.54) is 6.07 Å². The molecule has 2 aromatic rings. The Labute approximate surface area is 126 Å². The second-order valence-corrected chi connectivity index (χ2v) is 5.84. The van der Waals surface area contributed by atoms with Gasteiger partial charge in [0.2, 0.25) is 0 Å². The lowest BCUT2D eigenvalue weighted by Crippen LogP contribution is -1.97. The van der Waals surface area contributed by atoms with E-state index < -0.39 is 0 Å². The van der Waals surface area contributed by atoms with Gasteiger partial charge in [-0.15, -0.1) is 0 Å². The highest BCUT2D eigenvalue weighted by Crippen LogP contribution is 2.30. The second kappa shape index (κ2) is 5.55. The van der Waals surface area contributed by atoms with E-state index in [1.54, 1.807) is 18.3 Å². The van der Waals surface area contributed by atoms with Crippen LogP contribution < -0.4 is 5.32 Å². The van der Waals surface area contributed by atoms with Gasteiger partial charge >= 0.3 is 0 Å². The second-order valence-electron chi connectivity index (χ2n) is 3.69. The summed E-state index contributed by atoms with van der Waals surface area (Å²) in [6.45, 7) is 1.82. The minimum Gasteiger partial charge on any atom is -0.339 e. The highest BCUT2D eigenvalue weighted by atomic mass is 79.9. The maximum atomic E-state index is 13.3. The Bertz CT molecular complexity index is 605. The standard InChI is InChI=1S/C12H8Br2ClFN2/c1-6-2-10(16)8(13)4-11(6)18-12-9(14)3-7(15)5-17-12/h2-5H,1H3,(H,17,18). The summed E-state index contributed by atoms with van der Waals surface area (Å²) in [6.07, 6.45) is 1.54. The van der Waals surface area contributed by atoms with Crippen LogP contribution in [0, 0.1) is 12.7 Å². The fourth-order valence-electron chi connectivity index (χ4n) is 1.42. The molecule has 18 heavy (non-hydrogen) atoms. The van der Waals surface area contributed by atoms with Crippen molar-refractivity contribution in [3.05, 3.63) is 49.7 Å². The van der Waals surface area contributed by atoms with Crippen molar-refractivity contribution in [2.24, 2.45) is 0 Å². The first-order valence-electron chi connectivity index (χ1n) is 5.01. The number of hydrogen-bond donors (Lipinski definition) is 1. The van der Waals surface area contributed by atoms with Crippen molar-refractivity contribution < 1.29 is 4.39 Å². The van der Waals surface area contributed by atoms with Crippen LogP contribution in [0.2, 0.25) is 5.02 Å². The van der Waals surface area contributed by atoms with Crippen LogP contribution >= 0.6 is 43.5 Å². The van der Waals surface area contributed by atoms with Gasteiger partial charge in [0, 0.05) is 11.9 Å². The lowest BCUT2D eigenvalue weighted by Gasteiger charge is -2.11. The molecule has 0 bridgehead atoms. The predicted molar refractivity (Wildman–Crippen MR) is 79.1 cm³/mol. The van der Waals surface area contributed by atoms with E-state index in [0.29, 0.717) is 15.3 Å². The lowest BCUT2D eigenvalue weighted by molar-refractivity contribution is 0.620. The molecule has 0 aliphatic rings. The van der Waals surface area contributed by atoms with Crippen molar-refractivity contribution in [3.8, 4) is 0 Å². The van der Waals surface area contributed by atoms with Crippen molar-refractivity contribution in [3.63, 3.8) is 0 Å². The van der Waals surface area contributed by atoms with E-state index in [1.807, 2.05) is 6.92 Å². The molecule has 0 saturated carbocycles. The number of hydrogen-bond acceptors (Lipinski definition) is 2. The molecule has 6 heteroatoms. The number of benzene rings is 1. The third-order valence-corrected chi connectivity index (χ3v) is 3.75. The van der Waals surface area contributed by atoms with Gasteiger partial charge in [-0.05, 0) is 62.5 Å². The Morgan fingerprint density at radius 2 is 1.94 bits per heavy atom. The Kier molecular flexibility index (Phi) is 4.25. The summed E-state index contributed by atoms with van der Waals surface area (Å²) in [5.41, 5.74) is 1.57. The Morgan fingerprint density at radius 3 is 2.61 bits per heavy atom. The zero-order chi connectivity index (χ0) is 13.3. The largest absolute Gasteiger partial charge is 0.339 e. The molecule has 2 nitrogen and oxygen atoms in total. The van der Waals surface area contributed by atoms with Gasteiger partial charge in [-0.3, -0.25) is 0 Å². The van der Waals surface area contributed by atoms with E-state index in [2.05, 4.69) is 42.2 Å². The molecule has 0 radical (unpaired) electrons. The fraction of sp³-hybridized carbons (Fsp3) is 0.0833. The highest BCUT2D eigenvalue weighted by molar-refractivity contribution is 9.10. The quantitative estimate of drug-likeness (QED) is 0.733. The van der Waals surface area contributed by atoms with E-state index >= 15 is 0 Å². The number of aryl methyl sites for hydroxylation is 1. The van der Waals surface area contributed by atoms with Crippen LogP contribution in [0.5, 0.6) is 0 Å². The average molecular weight is 394 g/mol. The van der Waals surface area contributed by atoms with Crippen molar-refractivity contribution in [1.29, 1.82) is 0 Å². The minimum atomic E-state index is -0.291. The molecule has 0 saturated heterocycles. The molecule has 1 aromatic carbocycles.